The lowest BCUT2D eigenvalue weighted by Gasteiger charge is -2.16. The monoisotopic (exact) mass is 453 g/mol. The van der Waals surface area contributed by atoms with Gasteiger partial charge in [0.05, 0.1) is 35.0 Å². The van der Waals surface area contributed by atoms with Crippen LogP contribution in [0.25, 0.3) is 0 Å². The van der Waals surface area contributed by atoms with Crippen LogP contribution in [0.4, 0.5) is 28.0 Å². The first-order valence-corrected chi connectivity index (χ1v) is 9.71. The lowest BCUT2D eigenvalue weighted by Crippen LogP contribution is -2.30. The number of amides is 2. The number of nitrogens with zero attached hydrogens (tertiary/aromatic N) is 4. The zero-order chi connectivity index (χ0) is 23.6. The molecule has 4 rings (SSSR count). The van der Waals surface area contributed by atoms with Crippen molar-refractivity contribution in [2.75, 3.05) is 11.9 Å². The Morgan fingerprint density at radius 2 is 1.76 bits per heavy atom. The summed E-state index contributed by atoms with van der Waals surface area (Å²) in [5.74, 6) is -0.885. The molecule has 1 unspecified atom stereocenters. The van der Waals surface area contributed by atoms with Gasteiger partial charge in [-0.25, -0.2) is 14.2 Å². The molecule has 1 aliphatic heterocycles. The number of nitrogens with one attached hydrogen (secondary N) is 1. The number of rotatable bonds is 3. The Morgan fingerprint density at radius 3 is 2.33 bits per heavy atom. The Kier molecular flexibility index (Phi) is 5.79. The molecular weight excluding hydrogens is 438 g/mol. The summed E-state index contributed by atoms with van der Waals surface area (Å²) in [6.45, 7) is 0.0953. The van der Waals surface area contributed by atoms with Crippen LogP contribution >= 0.6 is 0 Å². The van der Waals surface area contributed by atoms with Crippen molar-refractivity contribution in [3.05, 3.63) is 95.1 Å². The number of nitriles is 1. The quantitative estimate of drug-likeness (QED) is 0.557. The SMILES string of the molecule is N#Cc1ccc(C2CN(C(=O)Nc3ccc(C(F)(F)F)cc3)N=C2c2ccc(F)cc2)nc1. The normalized spacial score (nSPS) is 15.7. The van der Waals surface area contributed by atoms with E-state index in [0.717, 1.165) is 29.3 Å². The van der Waals surface area contributed by atoms with Gasteiger partial charge in [-0.05, 0) is 54.1 Å². The van der Waals surface area contributed by atoms with E-state index in [0.29, 0.717) is 22.5 Å². The van der Waals surface area contributed by atoms with Gasteiger partial charge in [0.25, 0.3) is 0 Å². The lowest BCUT2D eigenvalue weighted by molar-refractivity contribution is -0.137. The van der Waals surface area contributed by atoms with Crippen LogP contribution in [-0.4, -0.2) is 28.3 Å². The minimum absolute atomic E-state index is 0.0953. The summed E-state index contributed by atoms with van der Waals surface area (Å²) in [6, 6.07) is 14.2. The van der Waals surface area contributed by atoms with Crippen LogP contribution in [-0.2, 0) is 6.18 Å². The molecular formula is C23H15F4N5O. The summed E-state index contributed by atoms with van der Waals surface area (Å²) in [7, 11) is 0. The summed E-state index contributed by atoms with van der Waals surface area (Å²) in [4.78, 5) is 17.1. The van der Waals surface area contributed by atoms with Crippen molar-refractivity contribution in [2.24, 2.45) is 5.10 Å². The van der Waals surface area contributed by atoms with Crippen molar-refractivity contribution in [3.8, 4) is 6.07 Å². The number of anilines is 1. The van der Waals surface area contributed by atoms with Crippen molar-refractivity contribution in [1.29, 1.82) is 5.26 Å². The van der Waals surface area contributed by atoms with Crippen LogP contribution in [0.3, 0.4) is 0 Å². The smallest absolute Gasteiger partial charge is 0.306 e. The molecule has 0 spiro atoms. The molecule has 1 N–H and O–H groups in total. The van der Waals surface area contributed by atoms with Crippen LogP contribution in [0, 0.1) is 17.1 Å². The highest BCUT2D eigenvalue weighted by molar-refractivity contribution is 6.07. The number of benzene rings is 2. The Labute approximate surface area is 185 Å². The summed E-state index contributed by atoms with van der Waals surface area (Å²) >= 11 is 0. The fraction of sp³-hybridized carbons (Fsp3) is 0.130. The second-order valence-corrected chi connectivity index (χ2v) is 7.22. The minimum atomic E-state index is -4.48. The predicted octanol–water partition coefficient (Wildman–Crippen LogP) is 5.15. The van der Waals surface area contributed by atoms with Crippen LogP contribution < -0.4 is 5.32 Å². The first-order chi connectivity index (χ1) is 15.7. The number of aromatic nitrogens is 1. The Morgan fingerprint density at radius 1 is 1.06 bits per heavy atom. The number of hydrogen-bond acceptors (Lipinski definition) is 4. The Bertz CT molecular complexity index is 1230. The molecule has 0 fully saturated rings. The molecule has 1 atom stereocenters. The second-order valence-electron chi connectivity index (χ2n) is 7.22. The van der Waals surface area contributed by atoms with Crippen molar-refractivity contribution < 1.29 is 22.4 Å². The topological polar surface area (TPSA) is 81.4 Å². The van der Waals surface area contributed by atoms with Crippen molar-refractivity contribution in [3.63, 3.8) is 0 Å². The number of hydrogen-bond donors (Lipinski definition) is 1. The molecule has 0 bridgehead atoms. The van der Waals surface area contributed by atoms with Gasteiger partial charge in [0.2, 0.25) is 0 Å². The number of carbonyl (C=O) groups excluding carboxylic acids is 1. The average Bonchev–Trinajstić information content (AvgIpc) is 3.25. The highest BCUT2D eigenvalue weighted by atomic mass is 19.4. The predicted molar refractivity (Wildman–Crippen MR) is 112 cm³/mol. The summed E-state index contributed by atoms with van der Waals surface area (Å²) in [5, 5.41) is 17.0. The van der Waals surface area contributed by atoms with Crippen molar-refractivity contribution >= 4 is 17.4 Å². The molecule has 1 aromatic heterocycles. The summed E-state index contributed by atoms with van der Waals surface area (Å²) < 4.78 is 51.6. The fourth-order valence-electron chi connectivity index (χ4n) is 3.35. The van der Waals surface area contributed by atoms with Gasteiger partial charge in [0.15, 0.2) is 0 Å². The Hall–Kier alpha value is -4.26. The third-order valence-electron chi connectivity index (χ3n) is 5.02. The number of halogens is 4. The maximum absolute atomic E-state index is 13.4. The number of urea groups is 1. The molecule has 0 saturated carbocycles. The summed E-state index contributed by atoms with van der Waals surface area (Å²) in [6.07, 6.45) is -3.07. The number of hydrazone groups is 1. The molecule has 2 heterocycles. The van der Waals surface area contributed by atoms with Gasteiger partial charge in [-0.2, -0.15) is 23.5 Å². The van der Waals surface area contributed by atoms with E-state index in [9.17, 15) is 22.4 Å². The third kappa shape index (κ3) is 4.82. The standard InChI is InChI=1S/C23H15F4N5O/c24-17-6-2-15(3-7-17)21-19(20-10-1-14(11-28)12-29-20)13-32(31-21)22(33)30-18-8-4-16(5-9-18)23(25,26)27/h1-10,12,19H,13H2,(H,30,33). The second kappa shape index (κ2) is 8.70. The third-order valence-corrected chi connectivity index (χ3v) is 5.02. The van der Waals surface area contributed by atoms with Crippen molar-refractivity contribution in [1.82, 2.24) is 9.99 Å². The first-order valence-electron chi connectivity index (χ1n) is 9.71. The molecule has 1 aliphatic rings. The fourth-order valence-corrected chi connectivity index (χ4v) is 3.35. The molecule has 2 amide bonds. The van der Waals surface area contributed by atoms with Gasteiger partial charge in [-0.3, -0.25) is 4.98 Å². The zero-order valence-corrected chi connectivity index (χ0v) is 16.8. The maximum atomic E-state index is 13.4. The van der Waals surface area contributed by atoms with Crippen LogP contribution in [0.2, 0.25) is 0 Å². The highest BCUT2D eigenvalue weighted by Gasteiger charge is 2.34. The Balaban J connectivity index is 1.59. The van der Waals surface area contributed by atoms with Gasteiger partial charge >= 0.3 is 12.2 Å². The lowest BCUT2D eigenvalue weighted by atomic mass is 9.94. The van der Waals surface area contributed by atoms with Gasteiger partial charge in [0, 0.05) is 11.9 Å². The first kappa shape index (κ1) is 22.0. The van der Waals surface area contributed by atoms with E-state index in [1.54, 1.807) is 12.1 Å². The molecule has 0 radical (unpaired) electrons. The number of alkyl halides is 3. The molecule has 166 valence electrons. The van der Waals surface area contributed by atoms with Gasteiger partial charge < -0.3 is 5.32 Å². The van der Waals surface area contributed by atoms with E-state index in [4.69, 9.17) is 5.26 Å². The van der Waals surface area contributed by atoms with E-state index in [2.05, 4.69) is 15.4 Å². The molecule has 0 saturated heterocycles. The zero-order valence-electron chi connectivity index (χ0n) is 16.8. The van der Waals surface area contributed by atoms with E-state index in [1.165, 1.54) is 30.5 Å². The minimum Gasteiger partial charge on any atom is -0.306 e. The summed E-state index contributed by atoms with van der Waals surface area (Å²) in [5.41, 5.74) is 1.32. The number of pyridine rings is 1. The molecule has 6 nitrogen and oxygen atoms in total. The van der Waals surface area contributed by atoms with Gasteiger partial charge in [-0.15, -0.1) is 0 Å². The molecule has 0 aliphatic carbocycles. The van der Waals surface area contributed by atoms with Gasteiger partial charge in [0.1, 0.15) is 11.9 Å². The largest absolute Gasteiger partial charge is 0.416 e. The average molecular weight is 453 g/mol. The molecule has 10 heteroatoms. The van der Waals surface area contributed by atoms with Gasteiger partial charge in [-0.1, -0.05) is 12.1 Å². The van der Waals surface area contributed by atoms with Crippen LogP contribution in [0.1, 0.15) is 28.3 Å². The van der Waals surface area contributed by atoms with Crippen LogP contribution in [0.5, 0.6) is 0 Å². The van der Waals surface area contributed by atoms with Crippen molar-refractivity contribution in [2.45, 2.75) is 12.1 Å². The van der Waals surface area contributed by atoms with E-state index in [-0.39, 0.29) is 12.2 Å². The van der Waals surface area contributed by atoms with E-state index >= 15 is 0 Å². The van der Waals surface area contributed by atoms with E-state index < -0.39 is 29.5 Å². The van der Waals surface area contributed by atoms with E-state index in [1.807, 2.05) is 6.07 Å². The van der Waals surface area contributed by atoms with Crippen LogP contribution in [0.15, 0.2) is 72.0 Å². The molecule has 33 heavy (non-hydrogen) atoms. The highest BCUT2D eigenvalue weighted by Crippen LogP contribution is 2.31. The molecule has 3 aromatic rings. The number of carbonyl (C=O) groups is 1. The molecule has 2 aromatic carbocycles. The maximum Gasteiger partial charge on any atom is 0.416 e.